The fourth-order valence-corrected chi connectivity index (χ4v) is 2.37. The third-order valence-electron chi connectivity index (χ3n) is 2.52. The molecule has 1 aromatic heterocycles. The Morgan fingerprint density at radius 2 is 2.46 bits per heavy atom. The summed E-state index contributed by atoms with van der Waals surface area (Å²) in [5, 5.41) is 2.08. The van der Waals surface area contributed by atoms with Crippen LogP contribution in [0.25, 0.3) is 0 Å². The van der Waals surface area contributed by atoms with Crippen molar-refractivity contribution in [3.8, 4) is 0 Å². The molecular weight excluding hydrogens is 182 g/mol. The predicted octanol–water partition coefficient (Wildman–Crippen LogP) is 2.14. The lowest BCUT2D eigenvalue weighted by Crippen LogP contribution is -2.31. The first kappa shape index (κ1) is 9.19. The summed E-state index contributed by atoms with van der Waals surface area (Å²) < 4.78 is 5.74. The standard InChI is InChI=1S/C10H15NOS/c11-9-4-1-5-10(9)12-7-8-3-2-6-13-8/h2-3,6,9-10H,1,4-5,7,11H2. The zero-order valence-corrected chi connectivity index (χ0v) is 8.43. The molecule has 1 heterocycles. The van der Waals surface area contributed by atoms with Crippen molar-refractivity contribution in [1.82, 2.24) is 0 Å². The fraction of sp³-hybridized carbons (Fsp3) is 0.600. The molecule has 1 aliphatic rings. The number of ether oxygens (including phenoxy) is 1. The summed E-state index contributed by atoms with van der Waals surface area (Å²) in [4.78, 5) is 1.29. The van der Waals surface area contributed by atoms with Gasteiger partial charge >= 0.3 is 0 Å². The van der Waals surface area contributed by atoms with Crippen LogP contribution in [0.1, 0.15) is 24.1 Å². The second-order valence-corrected chi connectivity index (χ2v) is 4.56. The average molecular weight is 197 g/mol. The molecule has 0 radical (unpaired) electrons. The van der Waals surface area contributed by atoms with Gasteiger partial charge in [-0.1, -0.05) is 6.07 Å². The van der Waals surface area contributed by atoms with Crippen molar-refractivity contribution in [3.05, 3.63) is 22.4 Å². The van der Waals surface area contributed by atoms with Gasteiger partial charge in [0.15, 0.2) is 0 Å². The SMILES string of the molecule is NC1CCCC1OCc1cccs1. The summed E-state index contributed by atoms with van der Waals surface area (Å²) >= 11 is 1.74. The quantitative estimate of drug-likeness (QED) is 0.805. The lowest BCUT2D eigenvalue weighted by Gasteiger charge is -2.15. The van der Waals surface area contributed by atoms with Gasteiger partial charge in [-0.25, -0.2) is 0 Å². The molecule has 2 N–H and O–H groups in total. The molecule has 2 nitrogen and oxygen atoms in total. The summed E-state index contributed by atoms with van der Waals surface area (Å²) in [5.74, 6) is 0. The van der Waals surface area contributed by atoms with Crippen molar-refractivity contribution < 1.29 is 4.74 Å². The van der Waals surface area contributed by atoms with Gasteiger partial charge in [-0.3, -0.25) is 0 Å². The molecule has 1 fully saturated rings. The second-order valence-electron chi connectivity index (χ2n) is 3.52. The van der Waals surface area contributed by atoms with Crippen LogP contribution >= 0.6 is 11.3 Å². The highest BCUT2D eigenvalue weighted by molar-refractivity contribution is 7.09. The molecule has 0 aliphatic heterocycles. The van der Waals surface area contributed by atoms with E-state index in [4.69, 9.17) is 10.5 Å². The Morgan fingerprint density at radius 1 is 1.54 bits per heavy atom. The number of thiophene rings is 1. The largest absolute Gasteiger partial charge is 0.371 e. The number of rotatable bonds is 3. The van der Waals surface area contributed by atoms with Crippen molar-refractivity contribution in [1.29, 1.82) is 0 Å². The molecule has 0 aromatic carbocycles. The molecule has 1 saturated carbocycles. The first-order valence-corrected chi connectivity index (χ1v) is 5.64. The summed E-state index contributed by atoms with van der Waals surface area (Å²) in [6.07, 6.45) is 3.76. The van der Waals surface area contributed by atoms with Crippen molar-refractivity contribution in [2.45, 2.75) is 38.0 Å². The zero-order chi connectivity index (χ0) is 9.10. The van der Waals surface area contributed by atoms with Crippen LogP contribution in [0, 0.1) is 0 Å². The summed E-state index contributed by atoms with van der Waals surface area (Å²) in [5.41, 5.74) is 5.90. The maximum absolute atomic E-state index is 5.90. The molecule has 3 heteroatoms. The molecule has 2 atom stereocenters. The fourth-order valence-electron chi connectivity index (χ4n) is 1.75. The molecule has 13 heavy (non-hydrogen) atoms. The van der Waals surface area contributed by atoms with Crippen molar-refractivity contribution in [3.63, 3.8) is 0 Å². The van der Waals surface area contributed by atoms with Crippen LogP contribution in [0.3, 0.4) is 0 Å². The number of hydrogen-bond donors (Lipinski definition) is 1. The van der Waals surface area contributed by atoms with Crippen molar-refractivity contribution >= 4 is 11.3 Å². The molecular formula is C10H15NOS. The van der Waals surface area contributed by atoms with E-state index in [1.807, 2.05) is 0 Å². The Morgan fingerprint density at radius 3 is 3.08 bits per heavy atom. The van der Waals surface area contributed by atoms with Crippen LogP contribution in [0.2, 0.25) is 0 Å². The lowest BCUT2D eigenvalue weighted by molar-refractivity contribution is 0.0372. The molecule has 0 amide bonds. The van der Waals surface area contributed by atoms with Crippen molar-refractivity contribution in [2.24, 2.45) is 5.73 Å². The normalized spacial score (nSPS) is 28.1. The van der Waals surface area contributed by atoms with E-state index >= 15 is 0 Å². The van der Waals surface area contributed by atoms with Gasteiger partial charge < -0.3 is 10.5 Å². The van der Waals surface area contributed by atoms with Crippen LogP contribution < -0.4 is 5.73 Å². The number of hydrogen-bond acceptors (Lipinski definition) is 3. The third kappa shape index (κ3) is 2.30. The highest BCUT2D eigenvalue weighted by atomic mass is 32.1. The molecule has 2 unspecified atom stereocenters. The van der Waals surface area contributed by atoms with Crippen LogP contribution in [0.5, 0.6) is 0 Å². The minimum Gasteiger partial charge on any atom is -0.371 e. The van der Waals surface area contributed by atoms with Gasteiger partial charge in [0.05, 0.1) is 12.7 Å². The van der Waals surface area contributed by atoms with E-state index in [0.717, 1.165) is 19.4 Å². The Balaban J connectivity index is 1.79. The minimum absolute atomic E-state index is 0.264. The van der Waals surface area contributed by atoms with E-state index < -0.39 is 0 Å². The molecule has 72 valence electrons. The van der Waals surface area contributed by atoms with Gasteiger partial charge in [0.1, 0.15) is 0 Å². The first-order valence-electron chi connectivity index (χ1n) is 4.76. The summed E-state index contributed by atoms with van der Waals surface area (Å²) in [6, 6.07) is 4.42. The minimum atomic E-state index is 0.264. The molecule has 1 aliphatic carbocycles. The second kappa shape index (κ2) is 4.22. The monoisotopic (exact) mass is 197 g/mol. The van der Waals surface area contributed by atoms with Gasteiger partial charge in [0, 0.05) is 10.9 Å². The van der Waals surface area contributed by atoms with Crippen LogP contribution in [-0.4, -0.2) is 12.1 Å². The summed E-state index contributed by atoms with van der Waals surface area (Å²) in [6.45, 7) is 0.732. The maximum atomic E-state index is 5.90. The molecule has 0 spiro atoms. The highest BCUT2D eigenvalue weighted by Gasteiger charge is 2.24. The van der Waals surface area contributed by atoms with Gasteiger partial charge in [0.2, 0.25) is 0 Å². The molecule has 1 aromatic rings. The van der Waals surface area contributed by atoms with Gasteiger partial charge in [0.25, 0.3) is 0 Å². The average Bonchev–Trinajstić information content (AvgIpc) is 2.72. The zero-order valence-electron chi connectivity index (χ0n) is 7.61. The predicted molar refractivity (Wildman–Crippen MR) is 54.7 cm³/mol. The van der Waals surface area contributed by atoms with E-state index in [1.165, 1.54) is 11.3 Å². The Kier molecular flexibility index (Phi) is 2.98. The van der Waals surface area contributed by atoms with Gasteiger partial charge in [-0.2, -0.15) is 0 Å². The Hall–Kier alpha value is -0.380. The van der Waals surface area contributed by atoms with Gasteiger partial charge in [-0.05, 0) is 30.7 Å². The van der Waals surface area contributed by atoms with Gasteiger partial charge in [-0.15, -0.1) is 11.3 Å². The first-order chi connectivity index (χ1) is 6.36. The van der Waals surface area contributed by atoms with E-state index in [2.05, 4.69) is 17.5 Å². The molecule has 2 rings (SSSR count). The topological polar surface area (TPSA) is 35.2 Å². The van der Waals surface area contributed by atoms with E-state index in [1.54, 1.807) is 11.3 Å². The van der Waals surface area contributed by atoms with Crippen LogP contribution in [0.4, 0.5) is 0 Å². The van der Waals surface area contributed by atoms with E-state index in [-0.39, 0.29) is 6.04 Å². The maximum Gasteiger partial charge on any atom is 0.0813 e. The van der Waals surface area contributed by atoms with Crippen molar-refractivity contribution in [2.75, 3.05) is 0 Å². The van der Waals surface area contributed by atoms with Crippen LogP contribution in [0.15, 0.2) is 17.5 Å². The summed E-state index contributed by atoms with van der Waals surface area (Å²) in [7, 11) is 0. The Labute approximate surface area is 82.7 Å². The Bertz CT molecular complexity index is 247. The van der Waals surface area contributed by atoms with Crippen LogP contribution in [-0.2, 0) is 11.3 Å². The molecule has 0 saturated heterocycles. The van der Waals surface area contributed by atoms with E-state index in [0.29, 0.717) is 6.10 Å². The highest BCUT2D eigenvalue weighted by Crippen LogP contribution is 2.22. The third-order valence-corrected chi connectivity index (χ3v) is 3.37. The smallest absolute Gasteiger partial charge is 0.0813 e. The lowest BCUT2D eigenvalue weighted by atomic mass is 10.2. The molecule has 0 bridgehead atoms. The van der Waals surface area contributed by atoms with E-state index in [9.17, 15) is 0 Å². The number of nitrogens with two attached hydrogens (primary N) is 1.